The molecular formula is C15H14ClN3. The van der Waals surface area contributed by atoms with Gasteiger partial charge < -0.3 is 5.73 Å². The van der Waals surface area contributed by atoms with Crippen molar-refractivity contribution in [3.05, 3.63) is 52.5 Å². The number of halogens is 1. The van der Waals surface area contributed by atoms with Crippen LogP contribution in [0.4, 0.5) is 5.95 Å². The summed E-state index contributed by atoms with van der Waals surface area (Å²) in [5, 5.41) is 0.618. The monoisotopic (exact) mass is 271 g/mol. The van der Waals surface area contributed by atoms with Gasteiger partial charge in [0.2, 0.25) is 5.95 Å². The standard InChI is InChI=1S/C15H14ClN3/c1-9-6-10(2)8-11(7-9)19-13-5-3-4-12(16)14(13)18-15(19)17/h3-8H,1-2H3,(H2,17,18). The second-order valence-electron chi connectivity index (χ2n) is 4.76. The number of para-hydroxylation sites is 1. The van der Waals surface area contributed by atoms with Gasteiger partial charge in [0.1, 0.15) is 5.52 Å². The number of nitrogens with two attached hydrogens (primary N) is 1. The average molecular weight is 272 g/mol. The second-order valence-corrected chi connectivity index (χ2v) is 5.17. The summed E-state index contributed by atoms with van der Waals surface area (Å²) < 4.78 is 1.93. The zero-order valence-electron chi connectivity index (χ0n) is 10.8. The number of aryl methyl sites for hydroxylation is 2. The molecule has 0 fully saturated rings. The van der Waals surface area contributed by atoms with E-state index < -0.39 is 0 Å². The molecule has 0 unspecified atom stereocenters. The van der Waals surface area contributed by atoms with Crippen LogP contribution in [0.15, 0.2) is 36.4 Å². The normalized spacial score (nSPS) is 11.1. The number of nitrogens with zero attached hydrogens (tertiary/aromatic N) is 2. The molecule has 2 aromatic carbocycles. The van der Waals surface area contributed by atoms with Crippen LogP contribution in [-0.2, 0) is 0 Å². The van der Waals surface area contributed by atoms with E-state index in [1.54, 1.807) is 0 Å². The molecule has 96 valence electrons. The molecule has 0 saturated heterocycles. The molecule has 4 heteroatoms. The third-order valence-corrected chi connectivity index (χ3v) is 3.43. The maximum Gasteiger partial charge on any atom is 0.205 e. The van der Waals surface area contributed by atoms with E-state index in [4.69, 9.17) is 17.3 Å². The number of benzene rings is 2. The number of fused-ring (bicyclic) bond motifs is 1. The van der Waals surface area contributed by atoms with E-state index in [0.29, 0.717) is 11.0 Å². The second kappa shape index (κ2) is 4.28. The van der Waals surface area contributed by atoms with E-state index >= 15 is 0 Å². The Morgan fingerprint density at radius 3 is 2.47 bits per heavy atom. The highest BCUT2D eigenvalue weighted by Crippen LogP contribution is 2.28. The van der Waals surface area contributed by atoms with Gasteiger partial charge in [0.05, 0.1) is 10.5 Å². The maximum absolute atomic E-state index is 6.16. The molecule has 0 bridgehead atoms. The van der Waals surface area contributed by atoms with Gasteiger partial charge in [0.15, 0.2) is 0 Å². The minimum Gasteiger partial charge on any atom is -0.369 e. The summed E-state index contributed by atoms with van der Waals surface area (Å²) in [7, 11) is 0. The Morgan fingerprint density at radius 2 is 1.79 bits per heavy atom. The molecule has 0 radical (unpaired) electrons. The Balaban J connectivity index is 2.36. The number of imidazole rings is 1. The van der Waals surface area contributed by atoms with Crippen molar-refractivity contribution in [3.8, 4) is 5.69 Å². The lowest BCUT2D eigenvalue weighted by atomic mass is 10.1. The predicted octanol–water partition coefficient (Wildman–Crippen LogP) is 3.88. The Kier molecular flexibility index (Phi) is 2.72. The maximum atomic E-state index is 6.16. The Hall–Kier alpha value is -2.00. The summed E-state index contributed by atoms with van der Waals surface area (Å²) in [6, 6.07) is 12.0. The molecule has 3 aromatic rings. The molecule has 2 N–H and O–H groups in total. The van der Waals surface area contributed by atoms with Gasteiger partial charge in [0, 0.05) is 5.69 Å². The van der Waals surface area contributed by atoms with Crippen LogP contribution < -0.4 is 5.73 Å². The molecule has 3 nitrogen and oxygen atoms in total. The van der Waals surface area contributed by atoms with Crippen LogP contribution >= 0.6 is 11.6 Å². The molecule has 0 aliphatic heterocycles. The van der Waals surface area contributed by atoms with Crippen molar-refractivity contribution in [2.45, 2.75) is 13.8 Å². The molecule has 3 rings (SSSR count). The predicted molar refractivity (Wildman–Crippen MR) is 80.0 cm³/mol. The lowest BCUT2D eigenvalue weighted by Crippen LogP contribution is -2.01. The average Bonchev–Trinajstić information content (AvgIpc) is 2.65. The summed E-state index contributed by atoms with van der Waals surface area (Å²) >= 11 is 6.16. The number of nitrogen functional groups attached to an aromatic ring is 1. The van der Waals surface area contributed by atoms with Gasteiger partial charge in [-0.2, -0.15) is 0 Å². The van der Waals surface area contributed by atoms with E-state index in [-0.39, 0.29) is 0 Å². The fraction of sp³-hybridized carbons (Fsp3) is 0.133. The molecule has 1 heterocycles. The zero-order chi connectivity index (χ0) is 13.6. The SMILES string of the molecule is Cc1cc(C)cc(-n2c(N)nc3c(Cl)cccc32)c1. The van der Waals surface area contributed by atoms with Crippen LogP contribution in [0.2, 0.25) is 5.02 Å². The molecule has 0 saturated carbocycles. The van der Waals surface area contributed by atoms with Crippen molar-refractivity contribution in [2.75, 3.05) is 5.73 Å². The van der Waals surface area contributed by atoms with Crippen molar-refractivity contribution < 1.29 is 0 Å². The Morgan fingerprint density at radius 1 is 1.11 bits per heavy atom. The smallest absolute Gasteiger partial charge is 0.205 e. The van der Waals surface area contributed by atoms with Gasteiger partial charge in [-0.25, -0.2) is 4.98 Å². The number of rotatable bonds is 1. The first-order chi connectivity index (χ1) is 9.06. The van der Waals surface area contributed by atoms with E-state index in [0.717, 1.165) is 16.7 Å². The molecule has 0 spiro atoms. The molecule has 0 amide bonds. The van der Waals surface area contributed by atoms with Gasteiger partial charge in [0.25, 0.3) is 0 Å². The molecule has 0 aliphatic rings. The lowest BCUT2D eigenvalue weighted by molar-refractivity contribution is 1.10. The molecule has 19 heavy (non-hydrogen) atoms. The van der Waals surface area contributed by atoms with Gasteiger partial charge in [-0.3, -0.25) is 4.57 Å². The van der Waals surface area contributed by atoms with Crippen LogP contribution in [0, 0.1) is 13.8 Å². The summed E-state index contributed by atoms with van der Waals surface area (Å²) in [5.41, 5.74) is 11.1. The van der Waals surface area contributed by atoms with Crippen molar-refractivity contribution in [1.82, 2.24) is 9.55 Å². The van der Waals surface area contributed by atoms with E-state index in [9.17, 15) is 0 Å². The minimum absolute atomic E-state index is 0.452. The fourth-order valence-electron chi connectivity index (χ4n) is 2.43. The van der Waals surface area contributed by atoms with Gasteiger partial charge >= 0.3 is 0 Å². The van der Waals surface area contributed by atoms with Gasteiger partial charge in [-0.15, -0.1) is 0 Å². The number of hydrogen-bond donors (Lipinski definition) is 1. The first-order valence-corrected chi connectivity index (χ1v) is 6.45. The topological polar surface area (TPSA) is 43.8 Å². The van der Waals surface area contributed by atoms with E-state index in [2.05, 4.69) is 37.0 Å². The van der Waals surface area contributed by atoms with Crippen molar-refractivity contribution in [2.24, 2.45) is 0 Å². The highest BCUT2D eigenvalue weighted by atomic mass is 35.5. The number of aromatic nitrogens is 2. The van der Waals surface area contributed by atoms with Crippen LogP contribution in [-0.4, -0.2) is 9.55 Å². The van der Waals surface area contributed by atoms with Crippen LogP contribution in [0.3, 0.4) is 0 Å². The van der Waals surface area contributed by atoms with Gasteiger partial charge in [-0.05, 0) is 49.2 Å². The summed E-state index contributed by atoms with van der Waals surface area (Å²) in [6.07, 6.45) is 0. The summed E-state index contributed by atoms with van der Waals surface area (Å²) in [4.78, 5) is 4.36. The zero-order valence-corrected chi connectivity index (χ0v) is 11.6. The quantitative estimate of drug-likeness (QED) is 0.730. The van der Waals surface area contributed by atoms with Crippen molar-refractivity contribution >= 4 is 28.6 Å². The Labute approximate surface area is 116 Å². The van der Waals surface area contributed by atoms with Crippen molar-refractivity contribution in [3.63, 3.8) is 0 Å². The third-order valence-electron chi connectivity index (χ3n) is 3.13. The molecular weight excluding hydrogens is 258 g/mol. The number of hydrogen-bond acceptors (Lipinski definition) is 2. The van der Waals surface area contributed by atoms with E-state index in [1.807, 2.05) is 22.8 Å². The van der Waals surface area contributed by atoms with E-state index in [1.165, 1.54) is 11.1 Å². The van der Waals surface area contributed by atoms with Crippen LogP contribution in [0.1, 0.15) is 11.1 Å². The largest absolute Gasteiger partial charge is 0.369 e. The summed E-state index contributed by atoms with van der Waals surface area (Å²) in [6.45, 7) is 4.14. The van der Waals surface area contributed by atoms with Gasteiger partial charge in [-0.1, -0.05) is 23.7 Å². The highest BCUT2D eigenvalue weighted by molar-refractivity contribution is 6.35. The first-order valence-electron chi connectivity index (χ1n) is 6.07. The number of anilines is 1. The lowest BCUT2D eigenvalue weighted by Gasteiger charge is -2.09. The highest BCUT2D eigenvalue weighted by Gasteiger charge is 2.12. The minimum atomic E-state index is 0.452. The molecule has 0 atom stereocenters. The van der Waals surface area contributed by atoms with Crippen molar-refractivity contribution in [1.29, 1.82) is 0 Å². The van der Waals surface area contributed by atoms with Crippen LogP contribution in [0.5, 0.6) is 0 Å². The van der Waals surface area contributed by atoms with Crippen LogP contribution in [0.25, 0.3) is 16.7 Å². The first kappa shape index (κ1) is 12.1. The fourth-order valence-corrected chi connectivity index (χ4v) is 2.65. The summed E-state index contributed by atoms with van der Waals surface area (Å²) in [5.74, 6) is 0.452. The third kappa shape index (κ3) is 1.96. The Bertz CT molecular complexity index is 754. The molecule has 1 aromatic heterocycles. The molecule has 0 aliphatic carbocycles.